The number of amides is 1. The lowest BCUT2D eigenvalue weighted by Crippen LogP contribution is -2.19. The van der Waals surface area contributed by atoms with Crippen LogP contribution in [0.15, 0.2) is 0 Å². The predicted molar refractivity (Wildman–Crippen MR) is 28.7 cm³/mol. The summed E-state index contributed by atoms with van der Waals surface area (Å²) in [6.45, 7) is 0.499. The third-order valence-electron chi connectivity index (χ3n) is 1.02. The molecule has 42 valence electrons. The zero-order valence-corrected chi connectivity index (χ0v) is 4.63. The van der Waals surface area contributed by atoms with E-state index in [1.54, 1.807) is 7.05 Å². The topological polar surface area (TPSA) is 29.5 Å². The quantitative estimate of drug-likeness (QED) is 0.396. The van der Waals surface area contributed by atoms with Gasteiger partial charge in [-0.2, -0.15) is 0 Å². The SMILES string of the molecule is [B]C1CN(C)C(=O)O1. The molecule has 1 heterocycles. The minimum absolute atomic E-state index is 0.336. The number of cyclic esters (lactones) is 1. The van der Waals surface area contributed by atoms with Crippen LogP contribution < -0.4 is 0 Å². The van der Waals surface area contributed by atoms with Gasteiger partial charge in [0.1, 0.15) is 7.85 Å². The summed E-state index contributed by atoms with van der Waals surface area (Å²) in [5.41, 5.74) is 0. The van der Waals surface area contributed by atoms with Crippen LogP contribution in [0.4, 0.5) is 4.79 Å². The number of hydrogen-bond acceptors (Lipinski definition) is 2. The molecule has 4 heteroatoms. The first-order chi connectivity index (χ1) is 3.70. The number of nitrogens with zero attached hydrogens (tertiary/aromatic N) is 1. The number of rotatable bonds is 0. The van der Waals surface area contributed by atoms with Crippen molar-refractivity contribution in [3.8, 4) is 0 Å². The summed E-state index contributed by atoms with van der Waals surface area (Å²) in [4.78, 5) is 11.8. The van der Waals surface area contributed by atoms with Gasteiger partial charge < -0.3 is 9.64 Å². The molecular formula is C4H6BNO2. The summed E-state index contributed by atoms with van der Waals surface area (Å²) in [5, 5.41) is 0. The first kappa shape index (κ1) is 5.47. The predicted octanol–water partition coefficient (Wildman–Crippen LogP) is -0.437. The van der Waals surface area contributed by atoms with Gasteiger partial charge in [0.25, 0.3) is 0 Å². The van der Waals surface area contributed by atoms with Crippen molar-refractivity contribution in [3.63, 3.8) is 0 Å². The van der Waals surface area contributed by atoms with Crippen molar-refractivity contribution in [2.45, 2.75) is 6.00 Å². The van der Waals surface area contributed by atoms with E-state index >= 15 is 0 Å². The van der Waals surface area contributed by atoms with Crippen LogP contribution in [0, 0.1) is 0 Å². The molecule has 0 N–H and O–H groups in total. The highest BCUT2D eigenvalue weighted by atomic mass is 16.6. The molecule has 1 saturated heterocycles. The van der Waals surface area contributed by atoms with E-state index in [0.29, 0.717) is 6.54 Å². The summed E-state index contributed by atoms with van der Waals surface area (Å²) >= 11 is 0. The van der Waals surface area contributed by atoms with Crippen LogP contribution in [0.5, 0.6) is 0 Å². The van der Waals surface area contributed by atoms with Gasteiger partial charge in [-0.25, -0.2) is 4.79 Å². The van der Waals surface area contributed by atoms with Crippen LogP contribution in [-0.2, 0) is 4.74 Å². The molecule has 1 atom stereocenters. The lowest BCUT2D eigenvalue weighted by atomic mass is 10.0. The lowest BCUT2D eigenvalue weighted by Gasteiger charge is -1.99. The molecule has 0 aromatic rings. The summed E-state index contributed by atoms with van der Waals surface area (Å²) in [6.07, 6.45) is -0.336. The fraction of sp³-hybridized carbons (Fsp3) is 0.750. The van der Waals surface area contributed by atoms with Crippen LogP contribution in [0.25, 0.3) is 0 Å². The number of hydrogen-bond donors (Lipinski definition) is 0. The molecule has 0 spiro atoms. The standard InChI is InChI=1S/C4H6BNO2/c1-6-2-3(5)8-4(6)7/h3H,2H2,1H3. The van der Waals surface area contributed by atoms with Crippen molar-refractivity contribution >= 4 is 13.9 Å². The fourth-order valence-electron chi connectivity index (χ4n) is 0.601. The Hall–Kier alpha value is -0.665. The van der Waals surface area contributed by atoms with Gasteiger partial charge in [-0.15, -0.1) is 0 Å². The Labute approximate surface area is 49.0 Å². The molecule has 2 radical (unpaired) electrons. The Balaban J connectivity index is 2.51. The number of ether oxygens (including phenoxy) is 1. The van der Waals surface area contributed by atoms with Crippen molar-refractivity contribution < 1.29 is 9.53 Å². The molecule has 1 amide bonds. The van der Waals surface area contributed by atoms with Crippen molar-refractivity contribution in [2.75, 3.05) is 13.6 Å². The van der Waals surface area contributed by atoms with Crippen molar-refractivity contribution in [1.82, 2.24) is 4.90 Å². The first-order valence-corrected chi connectivity index (χ1v) is 2.37. The van der Waals surface area contributed by atoms with Crippen LogP contribution >= 0.6 is 0 Å². The Morgan fingerprint density at radius 2 is 2.62 bits per heavy atom. The molecule has 0 saturated carbocycles. The van der Waals surface area contributed by atoms with Gasteiger partial charge >= 0.3 is 6.09 Å². The zero-order valence-electron chi connectivity index (χ0n) is 4.63. The Morgan fingerprint density at radius 3 is 2.75 bits per heavy atom. The van der Waals surface area contributed by atoms with E-state index < -0.39 is 6.00 Å². The van der Waals surface area contributed by atoms with Crippen LogP contribution in [-0.4, -0.2) is 38.4 Å². The number of likely N-dealkylation sites (N-methyl/N-ethyl adjacent to an activating group) is 1. The first-order valence-electron chi connectivity index (χ1n) is 2.37. The second-order valence-electron chi connectivity index (χ2n) is 1.80. The molecule has 0 aliphatic carbocycles. The van der Waals surface area contributed by atoms with Gasteiger partial charge in [-0.1, -0.05) is 0 Å². The molecule has 3 nitrogen and oxygen atoms in total. The normalized spacial score (nSPS) is 28.4. The van der Waals surface area contributed by atoms with Crippen LogP contribution in [0.2, 0.25) is 0 Å². The Morgan fingerprint density at radius 1 is 2.00 bits per heavy atom. The molecule has 1 aliphatic rings. The third-order valence-corrected chi connectivity index (χ3v) is 1.02. The fourth-order valence-corrected chi connectivity index (χ4v) is 0.601. The maximum atomic E-state index is 10.4. The molecule has 1 aliphatic heterocycles. The Bertz CT molecular complexity index is 117. The van der Waals surface area contributed by atoms with Gasteiger partial charge in [-0.05, 0) is 0 Å². The highest BCUT2D eigenvalue weighted by Gasteiger charge is 2.23. The Kier molecular flexibility index (Phi) is 1.15. The average Bonchev–Trinajstić information content (AvgIpc) is 1.85. The second kappa shape index (κ2) is 1.69. The van der Waals surface area contributed by atoms with E-state index in [1.807, 2.05) is 0 Å². The van der Waals surface area contributed by atoms with E-state index in [2.05, 4.69) is 4.74 Å². The molecule has 1 rings (SSSR count). The van der Waals surface area contributed by atoms with Gasteiger partial charge in [0.15, 0.2) is 0 Å². The molecule has 0 bridgehead atoms. The highest BCUT2D eigenvalue weighted by molar-refractivity contribution is 6.12. The monoisotopic (exact) mass is 111 g/mol. The van der Waals surface area contributed by atoms with E-state index in [1.165, 1.54) is 4.90 Å². The molecule has 8 heavy (non-hydrogen) atoms. The molecule has 1 fully saturated rings. The smallest absolute Gasteiger partial charge is 0.409 e. The van der Waals surface area contributed by atoms with Crippen molar-refractivity contribution in [2.24, 2.45) is 0 Å². The molecule has 1 unspecified atom stereocenters. The summed E-state index contributed by atoms with van der Waals surface area (Å²) in [6, 6.07) is -0.424. The van der Waals surface area contributed by atoms with E-state index in [-0.39, 0.29) is 6.09 Å². The summed E-state index contributed by atoms with van der Waals surface area (Å²) in [7, 11) is 6.88. The van der Waals surface area contributed by atoms with E-state index in [9.17, 15) is 4.79 Å². The minimum Gasteiger partial charge on any atom is -0.455 e. The van der Waals surface area contributed by atoms with Crippen molar-refractivity contribution in [1.29, 1.82) is 0 Å². The van der Waals surface area contributed by atoms with Crippen LogP contribution in [0.1, 0.15) is 0 Å². The minimum atomic E-state index is -0.424. The number of carbonyl (C=O) groups excluding carboxylic acids is 1. The highest BCUT2D eigenvalue weighted by Crippen LogP contribution is 2.03. The molecule has 0 aromatic heterocycles. The maximum Gasteiger partial charge on any atom is 0.409 e. The van der Waals surface area contributed by atoms with Crippen molar-refractivity contribution in [3.05, 3.63) is 0 Å². The van der Waals surface area contributed by atoms with Gasteiger partial charge in [0.2, 0.25) is 0 Å². The van der Waals surface area contributed by atoms with Gasteiger partial charge in [0.05, 0.1) is 12.5 Å². The molecular weight excluding hydrogens is 105 g/mol. The second-order valence-corrected chi connectivity index (χ2v) is 1.80. The van der Waals surface area contributed by atoms with E-state index in [0.717, 1.165) is 0 Å². The zero-order chi connectivity index (χ0) is 6.15. The maximum absolute atomic E-state index is 10.4. The summed E-state index contributed by atoms with van der Waals surface area (Å²) in [5.74, 6) is 0. The van der Waals surface area contributed by atoms with Gasteiger partial charge in [0, 0.05) is 7.05 Å². The largest absolute Gasteiger partial charge is 0.455 e. The molecule has 0 aromatic carbocycles. The third kappa shape index (κ3) is 0.780. The van der Waals surface area contributed by atoms with Gasteiger partial charge in [-0.3, -0.25) is 0 Å². The van der Waals surface area contributed by atoms with Crippen LogP contribution in [0.3, 0.4) is 0 Å². The number of carbonyl (C=O) groups is 1. The lowest BCUT2D eigenvalue weighted by molar-refractivity contribution is 0.156. The average molecular weight is 111 g/mol. The summed E-state index contributed by atoms with van der Waals surface area (Å²) < 4.78 is 4.54. The van der Waals surface area contributed by atoms with E-state index in [4.69, 9.17) is 7.85 Å².